The van der Waals surface area contributed by atoms with Gasteiger partial charge in [0.15, 0.2) is 0 Å². The van der Waals surface area contributed by atoms with Gasteiger partial charge in [0.2, 0.25) is 0 Å². The van der Waals surface area contributed by atoms with E-state index in [1.54, 1.807) is 0 Å². The summed E-state index contributed by atoms with van der Waals surface area (Å²) in [5.41, 5.74) is 0. The monoisotopic (exact) mass is 278 g/mol. The van der Waals surface area contributed by atoms with Crippen LogP contribution in [0.25, 0.3) is 0 Å². The summed E-state index contributed by atoms with van der Waals surface area (Å²) >= 11 is 1.54. The van der Waals surface area contributed by atoms with Gasteiger partial charge in [0, 0.05) is 0 Å². The molecule has 0 aromatic carbocycles. The first kappa shape index (κ1) is 11.0. The van der Waals surface area contributed by atoms with E-state index in [4.69, 9.17) is 10.2 Å². The molecule has 0 saturated carbocycles. The minimum absolute atomic E-state index is 0.345. The predicted octanol–water partition coefficient (Wildman–Crippen LogP) is -0.0888. The van der Waals surface area contributed by atoms with Crippen LogP contribution in [0.5, 0.6) is 0 Å². The van der Waals surface area contributed by atoms with Crippen molar-refractivity contribution < 1.29 is 10.2 Å². The zero-order chi connectivity index (χ0) is 7.66. The number of aliphatic hydroxyl groups is 2. The summed E-state index contributed by atoms with van der Waals surface area (Å²) in [7, 11) is 0. The maximum absolute atomic E-state index is 8.45. The van der Waals surface area contributed by atoms with Gasteiger partial charge in [-0.2, -0.15) is 0 Å². The van der Waals surface area contributed by atoms with Crippen LogP contribution in [0.2, 0.25) is 10.6 Å². The van der Waals surface area contributed by atoms with E-state index in [0.29, 0.717) is 13.2 Å². The molecule has 0 aromatic heterocycles. The zero-order valence-corrected chi connectivity index (χ0v) is 9.38. The Morgan fingerprint density at radius 1 is 0.800 bits per heavy atom. The molecule has 0 unspecified atom stereocenters. The van der Waals surface area contributed by atoms with Crippen LogP contribution in [0.1, 0.15) is 12.8 Å². The van der Waals surface area contributed by atoms with Crippen molar-refractivity contribution in [3.8, 4) is 0 Å². The standard InChI is InChI=1S/C6H14O2Se2/c7-3-1-5-9-10-6-2-4-8/h7-8H,1-6H2. The Hall–Kier alpha value is 0.959. The van der Waals surface area contributed by atoms with Gasteiger partial charge in [-0.05, 0) is 0 Å². The van der Waals surface area contributed by atoms with Crippen LogP contribution in [0.3, 0.4) is 0 Å². The van der Waals surface area contributed by atoms with Gasteiger partial charge in [0.25, 0.3) is 0 Å². The molecule has 0 radical (unpaired) electrons. The first-order chi connectivity index (χ1) is 4.91. The van der Waals surface area contributed by atoms with E-state index in [-0.39, 0.29) is 0 Å². The molecule has 62 valence electrons. The second-order valence-corrected chi connectivity index (χ2v) is 9.64. The van der Waals surface area contributed by atoms with Crippen molar-refractivity contribution in [2.75, 3.05) is 13.2 Å². The molecule has 0 aliphatic rings. The van der Waals surface area contributed by atoms with E-state index >= 15 is 0 Å². The molecule has 0 spiro atoms. The van der Waals surface area contributed by atoms with Crippen molar-refractivity contribution in [3.63, 3.8) is 0 Å². The Kier molecular flexibility index (Phi) is 10.9. The fraction of sp³-hybridized carbons (Fsp3) is 1.00. The van der Waals surface area contributed by atoms with Gasteiger partial charge in [0.1, 0.15) is 0 Å². The molecule has 0 fully saturated rings. The van der Waals surface area contributed by atoms with Crippen LogP contribution < -0.4 is 0 Å². The molecule has 2 nitrogen and oxygen atoms in total. The van der Waals surface area contributed by atoms with Crippen LogP contribution in [0.4, 0.5) is 0 Å². The van der Waals surface area contributed by atoms with E-state index in [2.05, 4.69) is 0 Å². The fourth-order valence-corrected chi connectivity index (χ4v) is 7.03. The number of rotatable bonds is 7. The third-order valence-corrected chi connectivity index (χ3v) is 8.57. The first-order valence-corrected chi connectivity index (χ1v) is 10.1. The zero-order valence-electron chi connectivity index (χ0n) is 5.95. The van der Waals surface area contributed by atoms with Gasteiger partial charge in [-0.3, -0.25) is 0 Å². The summed E-state index contributed by atoms with van der Waals surface area (Å²) in [6.07, 6.45) is 1.95. The van der Waals surface area contributed by atoms with Gasteiger partial charge in [0.05, 0.1) is 0 Å². The van der Waals surface area contributed by atoms with Crippen molar-refractivity contribution in [3.05, 3.63) is 0 Å². The topological polar surface area (TPSA) is 40.5 Å². The van der Waals surface area contributed by atoms with Crippen LogP contribution >= 0.6 is 0 Å². The summed E-state index contributed by atoms with van der Waals surface area (Å²) in [6, 6.07) is 0. The summed E-state index contributed by atoms with van der Waals surface area (Å²) in [5, 5.41) is 19.3. The van der Waals surface area contributed by atoms with Gasteiger partial charge < -0.3 is 0 Å². The van der Waals surface area contributed by atoms with Crippen molar-refractivity contribution in [1.82, 2.24) is 0 Å². The minimum atomic E-state index is 0.345. The molecule has 0 aliphatic heterocycles. The van der Waals surface area contributed by atoms with Crippen molar-refractivity contribution >= 4 is 26.3 Å². The molecule has 0 aromatic rings. The van der Waals surface area contributed by atoms with E-state index in [1.165, 1.54) is 10.6 Å². The predicted molar refractivity (Wildman–Crippen MR) is 44.5 cm³/mol. The molecule has 0 heterocycles. The first-order valence-electron chi connectivity index (χ1n) is 3.38. The Balaban J connectivity index is 2.65. The van der Waals surface area contributed by atoms with Crippen LogP contribution in [-0.4, -0.2) is 49.7 Å². The third-order valence-electron chi connectivity index (χ3n) is 0.855. The normalized spacial score (nSPS) is 10.2. The maximum atomic E-state index is 8.45. The van der Waals surface area contributed by atoms with E-state index in [0.717, 1.165) is 39.1 Å². The molecule has 0 rings (SSSR count). The molecular weight excluding hydrogens is 262 g/mol. The number of hydrogen-bond donors (Lipinski definition) is 2. The third kappa shape index (κ3) is 8.96. The van der Waals surface area contributed by atoms with Gasteiger partial charge in [-0.1, -0.05) is 0 Å². The Labute approximate surface area is 73.3 Å². The van der Waals surface area contributed by atoms with Crippen LogP contribution in [0, 0.1) is 0 Å². The van der Waals surface area contributed by atoms with Crippen LogP contribution in [0.15, 0.2) is 0 Å². The van der Waals surface area contributed by atoms with E-state index in [9.17, 15) is 0 Å². The molecule has 0 bridgehead atoms. The van der Waals surface area contributed by atoms with Crippen molar-refractivity contribution in [2.45, 2.75) is 23.5 Å². The van der Waals surface area contributed by atoms with Crippen molar-refractivity contribution in [2.24, 2.45) is 0 Å². The average Bonchev–Trinajstić information content (AvgIpc) is 1.97. The summed E-state index contributed by atoms with van der Waals surface area (Å²) in [6.45, 7) is 0.690. The summed E-state index contributed by atoms with van der Waals surface area (Å²) in [4.78, 5) is 0. The average molecular weight is 276 g/mol. The van der Waals surface area contributed by atoms with Gasteiger partial charge in [-0.15, -0.1) is 0 Å². The second kappa shape index (κ2) is 9.96. The van der Waals surface area contributed by atoms with Gasteiger partial charge >= 0.3 is 73.2 Å². The summed E-state index contributed by atoms with van der Waals surface area (Å²) in [5.74, 6) is 0. The number of hydrogen-bond acceptors (Lipinski definition) is 2. The van der Waals surface area contributed by atoms with Gasteiger partial charge in [-0.25, -0.2) is 0 Å². The molecule has 0 amide bonds. The quantitative estimate of drug-likeness (QED) is 0.504. The molecule has 10 heavy (non-hydrogen) atoms. The van der Waals surface area contributed by atoms with Crippen molar-refractivity contribution in [1.29, 1.82) is 0 Å². The Morgan fingerprint density at radius 2 is 1.20 bits per heavy atom. The van der Waals surface area contributed by atoms with E-state index < -0.39 is 0 Å². The van der Waals surface area contributed by atoms with Crippen LogP contribution in [-0.2, 0) is 0 Å². The molecule has 4 heteroatoms. The van der Waals surface area contributed by atoms with E-state index in [1.807, 2.05) is 0 Å². The molecule has 0 aliphatic carbocycles. The second-order valence-electron chi connectivity index (χ2n) is 1.80. The molecule has 0 saturated heterocycles. The molecule has 2 N–H and O–H groups in total. The SMILES string of the molecule is OCCC[Se][Se]CCCO. The molecule has 0 atom stereocenters. The Morgan fingerprint density at radius 3 is 1.50 bits per heavy atom. The number of aliphatic hydroxyl groups excluding tert-OH is 2. The molecular formula is C6H14O2Se2. The fourth-order valence-electron chi connectivity index (χ4n) is 0.365. The Bertz CT molecular complexity index is 53.7. The summed E-state index contributed by atoms with van der Waals surface area (Å²) < 4.78 is 0.